The zero-order valence-corrected chi connectivity index (χ0v) is 11.6. The summed E-state index contributed by atoms with van der Waals surface area (Å²) >= 11 is 0. The van der Waals surface area contributed by atoms with Crippen molar-refractivity contribution in [3.8, 4) is 0 Å². The second kappa shape index (κ2) is 8.11. The van der Waals surface area contributed by atoms with Gasteiger partial charge in [0.2, 0.25) is 5.91 Å². The lowest BCUT2D eigenvalue weighted by Gasteiger charge is -2.30. The van der Waals surface area contributed by atoms with Crippen LogP contribution in [0.25, 0.3) is 0 Å². The fourth-order valence-electron chi connectivity index (χ4n) is 2.39. The predicted molar refractivity (Wildman–Crippen MR) is 70.1 cm³/mol. The highest BCUT2D eigenvalue weighted by Gasteiger charge is 2.27. The molecule has 4 nitrogen and oxygen atoms in total. The molecule has 0 N–H and O–H groups in total. The summed E-state index contributed by atoms with van der Waals surface area (Å²) in [6.45, 7) is 3.57. The third-order valence-electron chi connectivity index (χ3n) is 3.63. The molecule has 0 spiro atoms. The summed E-state index contributed by atoms with van der Waals surface area (Å²) in [5.74, 6) is 0.0959. The van der Waals surface area contributed by atoms with Crippen LogP contribution in [-0.2, 0) is 14.3 Å². The van der Waals surface area contributed by atoms with Gasteiger partial charge in [0, 0.05) is 19.5 Å². The Labute approximate surface area is 110 Å². The van der Waals surface area contributed by atoms with Crippen LogP contribution in [0.2, 0.25) is 0 Å². The molecule has 0 radical (unpaired) electrons. The van der Waals surface area contributed by atoms with Crippen molar-refractivity contribution < 1.29 is 14.3 Å². The highest BCUT2D eigenvalue weighted by molar-refractivity contribution is 5.77. The van der Waals surface area contributed by atoms with Gasteiger partial charge in [0.05, 0.1) is 13.0 Å². The smallest absolute Gasteiger partial charge is 0.308 e. The SMILES string of the molecule is CCCCCCC(=O)N1CCC(C(=O)OC)CC1. The maximum atomic E-state index is 11.9. The van der Waals surface area contributed by atoms with Gasteiger partial charge >= 0.3 is 5.97 Å². The Morgan fingerprint density at radius 2 is 1.83 bits per heavy atom. The molecule has 1 aliphatic rings. The van der Waals surface area contributed by atoms with Crippen molar-refractivity contribution in [2.75, 3.05) is 20.2 Å². The van der Waals surface area contributed by atoms with Crippen molar-refractivity contribution in [3.63, 3.8) is 0 Å². The number of carbonyl (C=O) groups is 2. The molecule has 18 heavy (non-hydrogen) atoms. The van der Waals surface area contributed by atoms with Crippen molar-refractivity contribution >= 4 is 11.9 Å². The topological polar surface area (TPSA) is 46.6 Å². The fourth-order valence-corrected chi connectivity index (χ4v) is 2.39. The normalized spacial score (nSPS) is 16.7. The molecule has 1 fully saturated rings. The monoisotopic (exact) mass is 255 g/mol. The van der Waals surface area contributed by atoms with Gasteiger partial charge in [-0.25, -0.2) is 0 Å². The number of rotatable bonds is 6. The quantitative estimate of drug-likeness (QED) is 0.540. The lowest BCUT2D eigenvalue weighted by Crippen LogP contribution is -2.40. The average Bonchev–Trinajstić information content (AvgIpc) is 2.42. The number of unbranched alkanes of at least 4 members (excludes halogenated alkanes) is 3. The van der Waals surface area contributed by atoms with Gasteiger partial charge < -0.3 is 9.64 Å². The van der Waals surface area contributed by atoms with E-state index in [0.29, 0.717) is 19.5 Å². The van der Waals surface area contributed by atoms with Gasteiger partial charge in [-0.1, -0.05) is 26.2 Å². The van der Waals surface area contributed by atoms with Crippen LogP contribution in [0.1, 0.15) is 51.9 Å². The van der Waals surface area contributed by atoms with Crippen molar-refractivity contribution in [2.24, 2.45) is 5.92 Å². The van der Waals surface area contributed by atoms with Crippen LogP contribution >= 0.6 is 0 Å². The van der Waals surface area contributed by atoms with Gasteiger partial charge in [-0.3, -0.25) is 9.59 Å². The molecule has 104 valence electrons. The fraction of sp³-hybridized carbons (Fsp3) is 0.857. The Balaban J connectivity index is 2.21. The molecule has 0 atom stereocenters. The van der Waals surface area contributed by atoms with Crippen LogP contribution < -0.4 is 0 Å². The van der Waals surface area contributed by atoms with Crippen molar-refractivity contribution in [1.82, 2.24) is 4.90 Å². The van der Waals surface area contributed by atoms with E-state index in [4.69, 9.17) is 4.74 Å². The van der Waals surface area contributed by atoms with Crippen LogP contribution in [-0.4, -0.2) is 37.0 Å². The highest BCUT2D eigenvalue weighted by Crippen LogP contribution is 2.19. The second-order valence-electron chi connectivity index (χ2n) is 4.99. The van der Waals surface area contributed by atoms with E-state index in [2.05, 4.69) is 6.92 Å². The van der Waals surface area contributed by atoms with Crippen LogP contribution in [0.5, 0.6) is 0 Å². The Bertz CT molecular complexity index is 270. The van der Waals surface area contributed by atoms with Crippen molar-refractivity contribution in [1.29, 1.82) is 0 Å². The number of esters is 1. The van der Waals surface area contributed by atoms with E-state index in [1.54, 1.807) is 0 Å². The molecule has 0 aromatic rings. The number of amides is 1. The summed E-state index contributed by atoms with van der Waals surface area (Å²) in [6, 6.07) is 0. The van der Waals surface area contributed by atoms with E-state index in [1.165, 1.54) is 20.0 Å². The third-order valence-corrected chi connectivity index (χ3v) is 3.63. The molecule has 1 rings (SSSR count). The molecule has 1 aliphatic heterocycles. The standard InChI is InChI=1S/C14H25NO3/c1-3-4-5-6-7-13(16)15-10-8-12(9-11-15)14(17)18-2/h12H,3-11H2,1-2H3. The Hall–Kier alpha value is -1.06. The second-order valence-corrected chi connectivity index (χ2v) is 4.99. The van der Waals surface area contributed by atoms with Crippen LogP contribution in [0.3, 0.4) is 0 Å². The molecule has 0 aromatic heterocycles. The highest BCUT2D eigenvalue weighted by atomic mass is 16.5. The molecule has 4 heteroatoms. The first kappa shape index (κ1) is 15.0. The molecular weight excluding hydrogens is 230 g/mol. The molecule has 0 saturated carbocycles. The lowest BCUT2D eigenvalue weighted by molar-refractivity contribution is -0.148. The summed E-state index contributed by atoms with van der Waals surface area (Å²) in [7, 11) is 1.42. The Morgan fingerprint density at radius 3 is 2.39 bits per heavy atom. The van der Waals surface area contributed by atoms with E-state index in [0.717, 1.165) is 25.7 Å². The zero-order chi connectivity index (χ0) is 13.4. The average molecular weight is 255 g/mol. The first-order valence-electron chi connectivity index (χ1n) is 7.04. The largest absolute Gasteiger partial charge is 0.469 e. The lowest BCUT2D eigenvalue weighted by atomic mass is 9.96. The van der Waals surface area contributed by atoms with Crippen molar-refractivity contribution in [2.45, 2.75) is 51.9 Å². The van der Waals surface area contributed by atoms with E-state index >= 15 is 0 Å². The summed E-state index contributed by atoms with van der Waals surface area (Å²) < 4.78 is 4.73. The molecular formula is C14H25NO3. The van der Waals surface area contributed by atoms with Gasteiger partial charge in [0.15, 0.2) is 0 Å². The number of carbonyl (C=O) groups excluding carboxylic acids is 2. The number of piperidine rings is 1. The minimum Gasteiger partial charge on any atom is -0.469 e. The first-order chi connectivity index (χ1) is 8.69. The van der Waals surface area contributed by atoms with Gasteiger partial charge in [-0.2, -0.15) is 0 Å². The number of hydrogen-bond donors (Lipinski definition) is 0. The number of hydrogen-bond acceptors (Lipinski definition) is 3. The first-order valence-corrected chi connectivity index (χ1v) is 7.04. The molecule has 0 aliphatic carbocycles. The Morgan fingerprint density at radius 1 is 1.17 bits per heavy atom. The summed E-state index contributed by atoms with van der Waals surface area (Å²) in [5.41, 5.74) is 0. The molecule has 1 amide bonds. The molecule has 1 heterocycles. The summed E-state index contributed by atoms with van der Waals surface area (Å²) in [4.78, 5) is 25.2. The molecule has 1 saturated heterocycles. The molecule has 0 unspecified atom stereocenters. The third kappa shape index (κ3) is 4.67. The van der Waals surface area contributed by atoms with E-state index in [-0.39, 0.29) is 17.8 Å². The minimum absolute atomic E-state index is 0.0147. The van der Waals surface area contributed by atoms with E-state index in [1.807, 2.05) is 4.90 Å². The van der Waals surface area contributed by atoms with Gasteiger partial charge in [0.25, 0.3) is 0 Å². The van der Waals surface area contributed by atoms with Crippen molar-refractivity contribution in [3.05, 3.63) is 0 Å². The van der Waals surface area contributed by atoms with Gasteiger partial charge in [-0.15, -0.1) is 0 Å². The maximum absolute atomic E-state index is 11.9. The van der Waals surface area contributed by atoms with Gasteiger partial charge in [0.1, 0.15) is 0 Å². The van der Waals surface area contributed by atoms with Crippen LogP contribution in [0, 0.1) is 5.92 Å². The maximum Gasteiger partial charge on any atom is 0.308 e. The number of methoxy groups -OCH3 is 1. The number of ether oxygens (including phenoxy) is 1. The predicted octanol–water partition coefficient (Wildman–Crippen LogP) is 2.37. The van der Waals surface area contributed by atoms with E-state index in [9.17, 15) is 9.59 Å². The summed E-state index contributed by atoms with van der Waals surface area (Å²) in [6.07, 6.45) is 6.67. The Kier molecular flexibility index (Phi) is 6.76. The minimum atomic E-state index is -0.134. The zero-order valence-electron chi connectivity index (χ0n) is 11.6. The molecule has 0 aromatic carbocycles. The number of likely N-dealkylation sites (tertiary alicyclic amines) is 1. The van der Waals surface area contributed by atoms with Crippen LogP contribution in [0.4, 0.5) is 0 Å². The van der Waals surface area contributed by atoms with Crippen LogP contribution in [0.15, 0.2) is 0 Å². The summed E-state index contributed by atoms with van der Waals surface area (Å²) in [5, 5.41) is 0. The number of nitrogens with zero attached hydrogens (tertiary/aromatic N) is 1. The molecule has 0 bridgehead atoms. The van der Waals surface area contributed by atoms with Gasteiger partial charge in [-0.05, 0) is 19.3 Å². The van der Waals surface area contributed by atoms with E-state index < -0.39 is 0 Å².